The highest BCUT2D eigenvalue weighted by molar-refractivity contribution is 5.83. The van der Waals surface area contributed by atoms with E-state index in [0.29, 0.717) is 35.8 Å². The lowest BCUT2D eigenvalue weighted by molar-refractivity contribution is 0.201. The van der Waals surface area contributed by atoms with Gasteiger partial charge in [0.1, 0.15) is 18.9 Å². The molecule has 6 nitrogen and oxygen atoms in total. The highest BCUT2D eigenvalue weighted by atomic mass is 19.1. The minimum atomic E-state index is -0.241. The molecule has 0 saturated heterocycles. The topological polar surface area (TPSA) is 56.1 Å². The minimum Gasteiger partial charge on any atom is -0.364 e. The Morgan fingerprint density at radius 1 is 1.23 bits per heavy atom. The van der Waals surface area contributed by atoms with Gasteiger partial charge in [0.15, 0.2) is 17.0 Å². The molecule has 22 heavy (non-hydrogen) atoms. The molecule has 114 valence electrons. The molecular weight excluding hydrogens is 285 g/mol. The number of benzene rings is 1. The summed E-state index contributed by atoms with van der Waals surface area (Å²) in [5, 5.41) is 0. The van der Waals surface area contributed by atoms with E-state index in [1.165, 1.54) is 12.4 Å². The van der Waals surface area contributed by atoms with Gasteiger partial charge in [0.25, 0.3) is 0 Å². The Morgan fingerprint density at radius 2 is 2.05 bits per heavy atom. The lowest BCUT2D eigenvalue weighted by Crippen LogP contribution is -2.21. The molecular formula is C15H16FN5O. The quantitative estimate of drug-likeness (QED) is 0.675. The molecule has 0 aliphatic carbocycles. The van der Waals surface area contributed by atoms with Crippen LogP contribution >= 0.6 is 0 Å². The van der Waals surface area contributed by atoms with Gasteiger partial charge in [-0.3, -0.25) is 0 Å². The molecule has 0 aliphatic rings. The van der Waals surface area contributed by atoms with E-state index >= 15 is 0 Å². The number of anilines is 1. The number of hydrogen-bond acceptors (Lipinski definition) is 5. The number of imidazole rings is 1. The standard InChI is InChI=1S/C15H16FN5O/c1-20(10-22-2)14-13-15(18-8-17-14)21(9-19-13)7-11-5-3-4-6-12(11)16/h3-6,8-9H,7,10H2,1-2H3. The van der Waals surface area contributed by atoms with Crippen molar-refractivity contribution in [1.29, 1.82) is 0 Å². The number of fused-ring (bicyclic) bond motifs is 1. The summed E-state index contributed by atoms with van der Waals surface area (Å²) in [6.07, 6.45) is 3.12. The second-order valence-electron chi connectivity index (χ2n) is 4.95. The van der Waals surface area contributed by atoms with Crippen LogP contribution in [0.15, 0.2) is 36.9 Å². The summed E-state index contributed by atoms with van der Waals surface area (Å²) in [5.41, 5.74) is 1.92. The molecule has 0 aliphatic heterocycles. The van der Waals surface area contributed by atoms with Crippen molar-refractivity contribution in [2.45, 2.75) is 6.54 Å². The Kier molecular flexibility index (Phi) is 3.97. The SMILES string of the molecule is COCN(C)c1ncnc2c1ncn2Cc1ccccc1F. The maximum absolute atomic E-state index is 13.8. The first kappa shape index (κ1) is 14.4. The van der Waals surface area contributed by atoms with Crippen molar-refractivity contribution in [3.05, 3.63) is 48.3 Å². The van der Waals surface area contributed by atoms with E-state index in [1.807, 2.05) is 18.0 Å². The molecule has 2 heterocycles. The third kappa shape index (κ3) is 2.62. The van der Waals surface area contributed by atoms with Gasteiger partial charge in [0.2, 0.25) is 0 Å². The van der Waals surface area contributed by atoms with Crippen LogP contribution in [0.25, 0.3) is 11.2 Å². The maximum Gasteiger partial charge on any atom is 0.165 e. The molecule has 0 atom stereocenters. The molecule has 0 unspecified atom stereocenters. The lowest BCUT2D eigenvalue weighted by atomic mass is 10.2. The third-order valence-electron chi connectivity index (χ3n) is 3.36. The summed E-state index contributed by atoms with van der Waals surface area (Å²) in [4.78, 5) is 14.7. The van der Waals surface area contributed by atoms with Gasteiger partial charge < -0.3 is 14.2 Å². The number of rotatable bonds is 5. The average molecular weight is 301 g/mol. The molecule has 0 fully saturated rings. The van der Waals surface area contributed by atoms with Gasteiger partial charge >= 0.3 is 0 Å². The van der Waals surface area contributed by atoms with Gasteiger partial charge in [-0.1, -0.05) is 18.2 Å². The smallest absolute Gasteiger partial charge is 0.165 e. The van der Waals surface area contributed by atoms with Gasteiger partial charge in [-0.2, -0.15) is 0 Å². The first-order valence-electron chi connectivity index (χ1n) is 6.80. The van der Waals surface area contributed by atoms with Crippen molar-refractivity contribution in [2.24, 2.45) is 0 Å². The fourth-order valence-corrected chi connectivity index (χ4v) is 2.33. The average Bonchev–Trinajstić information content (AvgIpc) is 2.93. The Balaban J connectivity index is 1.99. The van der Waals surface area contributed by atoms with Gasteiger partial charge in [-0.05, 0) is 6.07 Å². The van der Waals surface area contributed by atoms with Crippen molar-refractivity contribution < 1.29 is 9.13 Å². The molecule has 0 saturated carbocycles. The zero-order valence-electron chi connectivity index (χ0n) is 12.4. The number of ether oxygens (including phenoxy) is 1. The molecule has 2 aromatic heterocycles. The highest BCUT2D eigenvalue weighted by Crippen LogP contribution is 2.21. The summed E-state index contributed by atoms with van der Waals surface area (Å²) in [7, 11) is 3.48. The van der Waals surface area contributed by atoms with Crippen LogP contribution in [0.5, 0.6) is 0 Å². The van der Waals surface area contributed by atoms with Crippen molar-refractivity contribution in [3.8, 4) is 0 Å². The van der Waals surface area contributed by atoms with Crippen LogP contribution in [0, 0.1) is 5.82 Å². The van der Waals surface area contributed by atoms with Gasteiger partial charge in [-0.15, -0.1) is 0 Å². The van der Waals surface area contributed by atoms with Crippen LogP contribution in [-0.2, 0) is 11.3 Å². The van der Waals surface area contributed by atoms with E-state index in [-0.39, 0.29) is 5.82 Å². The number of halogens is 1. The van der Waals surface area contributed by atoms with E-state index in [2.05, 4.69) is 15.0 Å². The molecule has 3 aromatic rings. The molecule has 0 amide bonds. The fraction of sp³-hybridized carbons (Fsp3) is 0.267. The zero-order valence-corrected chi connectivity index (χ0v) is 12.4. The van der Waals surface area contributed by atoms with E-state index < -0.39 is 0 Å². The van der Waals surface area contributed by atoms with Crippen LogP contribution in [0.2, 0.25) is 0 Å². The van der Waals surface area contributed by atoms with Gasteiger partial charge in [-0.25, -0.2) is 19.3 Å². The lowest BCUT2D eigenvalue weighted by Gasteiger charge is -2.16. The highest BCUT2D eigenvalue weighted by Gasteiger charge is 2.14. The predicted molar refractivity (Wildman–Crippen MR) is 81.1 cm³/mol. The summed E-state index contributed by atoms with van der Waals surface area (Å²) >= 11 is 0. The monoisotopic (exact) mass is 301 g/mol. The zero-order chi connectivity index (χ0) is 15.5. The van der Waals surface area contributed by atoms with E-state index in [9.17, 15) is 4.39 Å². The van der Waals surface area contributed by atoms with Crippen molar-refractivity contribution >= 4 is 17.0 Å². The van der Waals surface area contributed by atoms with E-state index in [4.69, 9.17) is 4.74 Å². The van der Waals surface area contributed by atoms with Crippen LogP contribution in [0.4, 0.5) is 10.2 Å². The molecule has 0 N–H and O–H groups in total. The first-order valence-corrected chi connectivity index (χ1v) is 6.80. The molecule has 0 radical (unpaired) electrons. The largest absolute Gasteiger partial charge is 0.364 e. The summed E-state index contributed by atoms with van der Waals surface area (Å²) < 4.78 is 20.7. The second kappa shape index (κ2) is 6.07. The minimum absolute atomic E-state index is 0.241. The third-order valence-corrected chi connectivity index (χ3v) is 3.36. The molecule has 0 bridgehead atoms. The summed E-state index contributed by atoms with van der Waals surface area (Å²) in [5.74, 6) is 0.439. The number of hydrogen-bond donors (Lipinski definition) is 0. The van der Waals surface area contributed by atoms with Gasteiger partial charge in [0, 0.05) is 19.7 Å². The van der Waals surface area contributed by atoms with Crippen LogP contribution < -0.4 is 4.90 Å². The van der Waals surface area contributed by atoms with Crippen molar-refractivity contribution in [1.82, 2.24) is 19.5 Å². The van der Waals surface area contributed by atoms with Gasteiger partial charge in [0.05, 0.1) is 12.9 Å². The van der Waals surface area contributed by atoms with Crippen LogP contribution in [0.3, 0.4) is 0 Å². The molecule has 1 aromatic carbocycles. The number of nitrogens with zero attached hydrogens (tertiary/aromatic N) is 5. The predicted octanol–water partition coefficient (Wildman–Crippen LogP) is 2.05. The number of methoxy groups -OCH3 is 1. The summed E-state index contributed by atoms with van der Waals surface area (Å²) in [6.45, 7) is 0.764. The van der Waals surface area contributed by atoms with Crippen molar-refractivity contribution in [2.75, 3.05) is 25.8 Å². The second-order valence-corrected chi connectivity index (χ2v) is 4.95. The Morgan fingerprint density at radius 3 is 2.82 bits per heavy atom. The van der Waals surface area contributed by atoms with Crippen molar-refractivity contribution in [3.63, 3.8) is 0 Å². The molecule has 7 heteroatoms. The van der Waals surface area contributed by atoms with E-state index in [1.54, 1.807) is 30.1 Å². The Labute approximate surface area is 127 Å². The maximum atomic E-state index is 13.8. The Bertz CT molecular complexity index is 788. The number of aromatic nitrogens is 4. The van der Waals surface area contributed by atoms with E-state index in [0.717, 1.165) is 0 Å². The van der Waals surface area contributed by atoms with Crippen LogP contribution in [0.1, 0.15) is 5.56 Å². The first-order chi connectivity index (χ1) is 10.7. The normalized spacial score (nSPS) is 11.0. The summed E-state index contributed by atoms with van der Waals surface area (Å²) in [6, 6.07) is 6.68. The molecule has 3 rings (SSSR count). The molecule has 0 spiro atoms. The van der Waals surface area contributed by atoms with Crippen LogP contribution in [-0.4, -0.2) is 40.4 Å². The fourth-order valence-electron chi connectivity index (χ4n) is 2.33. The Hall–Kier alpha value is -2.54.